The largest absolute Gasteiger partial charge is 0.256 e. The van der Waals surface area contributed by atoms with E-state index < -0.39 is 5.67 Å². The van der Waals surface area contributed by atoms with Crippen LogP contribution in [0.5, 0.6) is 0 Å². The SMILES string of the molecule is C=CC(=C)Cc1ccnc2c(C(C)(C)F)cccc12. The fourth-order valence-electron chi connectivity index (χ4n) is 2.18. The highest BCUT2D eigenvalue weighted by Gasteiger charge is 2.22. The molecule has 2 aromatic rings. The highest BCUT2D eigenvalue weighted by molar-refractivity contribution is 5.85. The number of rotatable bonds is 4. The third kappa shape index (κ3) is 2.73. The second kappa shape index (κ2) is 4.96. The summed E-state index contributed by atoms with van der Waals surface area (Å²) in [7, 11) is 0. The van der Waals surface area contributed by atoms with E-state index in [2.05, 4.69) is 18.1 Å². The standard InChI is InChI=1S/C17H18FN/c1-5-12(2)11-13-9-10-19-16-14(13)7-6-8-15(16)17(3,4)18/h5-10H,1-2,11H2,3-4H3. The van der Waals surface area contributed by atoms with E-state index in [4.69, 9.17) is 0 Å². The van der Waals surface area contributed by atoms with Crippen molar-refractivity contribution in [2.45, 2.75) is 25.9 Å². The van der Waals surface area contributed by atoms with E-state index in [-0.39, 0.29) is 0 Å². The summed E-state index contributed by atoms with van der Waals surface area (Å²) in [6.45, 7) is 10.8. The fraction of sp³-hybridized carbons (Fsp3) is 0.235. The Balaban J connectivity index is 2.64. The molecule has 2 heteroatoms. The number of pyridine rings is 1. The first-order chi connectivity index (χ1) is 8.93. The van der Waals surface area contributed by atoms with Gasteiger partial charge < -0.3 is 0 Å². The number of allylic oxidation sites excluding steroid dienone is 2. The number of para-hydroxylation sites is 1. The molecule has 0 radical (unpaired) electrons. The van der Waals surface area contributed by atoms with Crippen LogP contribution in [-0.4, -0.2) is 4.98 Å². The summed E-state index contributed by atoms with van der Waals surface area (Å²) in [5.74, 6) is 0. The molecule has 0 saturated carbocycles. The zero-order valence-electron chi connectivity index (χ0n) is 11.4. The number of hydrogen-bond acceptors (Lipinski definition) is 1. The van der Waals surface area contributed by atoms with Crippen molar-refractivity contribution in [2.24, 2.45) is 0 Å². The molecule has 0 bridgehead atoms. The number of hydrogen-bond donors (Lipinski definition) is 0. The molecule has 0 unspecified atom stereocenters. The van der Waals surface area contributed by atoms with Crippen molar-refractivity contribution in [1.29, 1.82) is 0 Å². The molecule has 1 heterocycles. The monoisotopic (exact) mass is 255 g/mol. The molecular weight excluding hydrogens is 237 g/mol. The van der Waals surface area contributed by atoms with Crippen molar-refractivity contribution < 1.29 is 4.39 Å². The number of aromatic nitrogens is 1. The summed E-state index contributed by atoms with van der Waals surface area (Å²) >= 11 is 0. The van der Waals surface area contributed by atoms with Gasteiger partial charge in [0.1, 0.15) is 5.67 Å². The Hall–Kier alpha value is -1.96. The van der Waals surface area contributed by atoms with Crippen LogP contribution in [0.4, 0.5) is 4.39 Å². The molecule has 0 aliphatic carbocycles. The molecule has 19 heavy (non-hydrogen) atoms. The van der Waals surface area contributed by atoms with Crippen LogP contribution in [0.1, 0.15) is 25.0 Å². The van der Waals surface area contributed by atoms with E-state index in [1.807, 2.05) is 18.2 Å². The van der Waals surface area contributed by atoms with Gasteiger partial charge in [-0.2, -0.15) is 0 Å². The van der Waals surface area contributed by atoms with Crippen LogP contribution in [-0.2, 0) is 12.1 Å². The highest BCUT2D eigenvalue weighted by atomic mass is 19.1. The van der Waals surface area contributed by atoms with Crippen LogP contribution < -0.4 is 0 Å². The average Bonchev–Trinajstić information content (AvgIpc) is 2.37. The molecule has 0 saturated heterocycles. The van der Waals surface area contributed by atoms with E-state index in [1.165, 1.54) is 0 Å². The average molecular weight is 255 g/mol. The van der Waals surface area contributed by atoms with Crippen LogP contribution in [0.15, 0.2) is 55.3 Å². The molecule has 1 aromatic carbocycles. The van der Waals surface area contributed by atoms with Gasteiger partial charge >= 0.3 is 0 Å². The molecule has 0 spiro atoms. The lowest BCUT2D eigenvalue weighted by Crippen LogP contribution is -2.10. The molecule has 2 rings (SSSR count). The Morgan fingerprint density at radius 2 is 2.11 bits per heavy atom. The minimum absolute atomic E-state index is 0.621. The zero-order valence-corrected chi connectivity index (χ0v) is 11.4. The van der Waals surface area contributed by atoms with Crippen molar-refractivity contribution in [1.82, 2.24) is 4.98 Å². The Labute approximate surface area is 113 Å². The summed E-state index contributed by atoms with van der Waals surface area (Å²) in [5.41, 5.74) is 1.99. The number of fused-ring (bicyclic) bond motifs is 1. The van der Waals surface area contributed by atoms with Gasteiger partial charge in [-0.3, -0.25) is 4.98 Å². The first-order valence-electron chi connectivity index (χ1n) is 6.29. The van der Waals surface area contributed by atoms with Crippen LogP contribution in [0.3, 0.4) is 0 Å². The molecule has 0 fully saturated rings. The molecule has 0 N–H and O–H groups in total. The van der Waals surface area contributed by atoms with Crippen LogP contribution >= 0.6 is 0 Å². The number of benzene rings is 1. The lowest BCUT2D eigenvalue weighted by Gasteiger charge is -2.17. The van der Waals surface area contributed by atoms with Gasteiger partial charge in [0.05, 0.1) is 5.52 Å². The maximum atomic E-state index is 14.2. The first kappa shape index (κ1) is 13.5. The quantitative estimate of drug-likeness (QED) is 0.720. The second-order valence-corrected chi connectivity index (χ2v) is 5.18. The van der Waals surface area contributed by atoms with Gasteiger partial charge in [0.25, 0.3) is 0 Å². The Bertz CT molecular complexity index is 635. The minimum atomic E-state index is -1.40. The Kier molecular flexibility index (Phi) is 3.52. The lowest BCUT2D eigenvalue weighted by atomic mass is 9.94. The predicted molar refractivity (Wildman–Crippen MR) is 78.9 cm³/mol. The molecule has 0 amide bonds. The van der Waals surface area contributed by atoms with Gasteiger partial charge in [0.2, 0.25) is 0 Å². The molecule has 0 aliphatic rings. The third-order valence-corrected chi connectivity index (χ3v) is 3.21. The van der Waals surface area contributed by atoms with Gasteiger partial charge in [-0.1, -0.05) is 43.0 Å². The Morgan fingerprint density at radius 1 is 1.37 bits per heavy atom. The summed E-state index contributed by atoms with van der Waals surface area (Å²) in [6.07, 6.45) is 4.18. The topological polar surface area (TPSA) is 12.9 Å². The van der Waals surface area contributed by atoms with Crippen molar-refractivity contribution >= 4 is 10.9 Å². The van der Waals surface area contributed by atoms with Gasteiger partial charge in [0.15, 0.2) is 0 Å². The summed E-state index contributed by atoms with van der Waals surface area (Å²) in [5, 5.41) is 0.980. The molecule has 98 valence electrons. The van der Waals surface area contributed by atoms with Gasteiger partial charge in [-0.25, -0.2) is 4.39 Å². The van der Waals surface area contributed by atoms with Crippen molar-refractivity contribution in [3.8, 4) is 0 Å². The normalized spacial score (nSPS) is 11.5. The number of alkyl halides is 1. The van der Waals surface area contributed by atoms with E-state index in [0.29, 0.717) is 12.0 Å². The second-order valence-electron chi connectivity index (χ2n) is 5.18. The van der Waals surface area contributed by atoms with Crippen LogP contribution in [0.25, 0.3) is 10.9 Å². The third-order valence-electron chi connectivity index (χ3n) is 3.21. The number of nitrogens with zero attached hydrogens (tertiary/aromatic N) is 1. The summed E-state index contributed by atoms with van der Waals surface area (Å²) in [4.78, 5) is 4.35. The van der Waals surface area contributed by atoms with E-state index in [1.54, 1.807) is 32.2 Å². The fourth-order valence-corrected chi connectivity index (χ4v) is 2.18. The van der Waals surface area contributed by atoms with E-state index >= 15 is 0 Å². The maximum Gasteiger partial charge on any atom is 0.132 e. The van der Waals surface area contributed by atoms with Crippen molar-refractivity contribution in [3.63, 3.8) is 0 Å². The van der Waals surface area contributed by atoms with Gasteiger partial charge in [0, 0.05) is 17.1 Å². The molecular formula is C17H18FN. The van der Waals surface area contributed by atoms with Gasteiger partial charge in [-0.05, 0) is 31.9 Å². The molecule has 0 atom stereocenters. The summed E-state index contributed by atoms with van der Waals surface area (Å²) < 4.78 is 14.2. The van der Waals surface area contributed by atoms with Crippen LogP contribution in [0.2, 0.25) is 0 Å². The first-order valence-corrected chi connectivity index (χ1v) is 6.29. The van der Waals surface area contributed by atoms with Gasteiger partial charge in [-0.15, -0.1) is 0 Å². The van der Waals surface area contributed by atoms with Crippen molar-refractivity contribution in [2.75, 3.05) is 0 Å². The number of halogens is 1. The highest BCUT2D eigenvalue weighted by Crippen LogP contribution is 2.31. The van der Waals surface area contributed by atoms with E-state index in [0.717, 1.165) is 22.0 Å². The predicted octanol–water partition coefficient (Wildman–Crippen LogP) is 4.72. The maximum absolute atomic E-state index is 14.2. The van der Waals surface area contributed by atoms with Crippen LogP contribution in [0, 0.1) is 0 Å². The Morgan fingerprint density at radius 3 is 2.74 bits per heavy atom. The smallest absolute Gasteiger partial charge is 0.132 e. The molecule has 1 aromatic heterocycles. The summed E-state index contributed by atoms with van der Waals surface area (Å²) in [6, 6.07) is 7.59. The lowest BCUT2D eigenvalue weighted by molar-refractivity contribution is 0.223. The molecule has 0 aliphatic heterocycles. The zero-order chi connectivity index (χ0) is 14.0. The van der Waals surface area contributed by atoms with Crippen molar-refractivity contribution in [3.05, 3.63) is 66.4 Å². The molecule has 1 nitrogen and oxygen atoms in total. The minimum Gasteiger partial charge on any atom is -0.256 e. The van der Waals surface area contributed by atoms with E-state index in [9.17, 15) is 4.39 Å².